The molecule has 2 rings (SSSR count). The minimum Gasteiger partial charge on any atom is -0.475 e. The molecular formula is C19H31N3O6. The number of ether oxygens (including phenoxy) is 1. The number of carbonyl (C=O) groups excluding carboxylic acids is 3. The lowest BCUT2D eigenvalue weighted by atomic mass is 9.80. The SMILES string of the molecule is CCCCC(NC(=O)C1(NC(=O)N2CCOCC2)CCCCC1)C(=O)C(=O)O. The molecule has 1 saturated carbocycles. The zero-order valence-electron chi connectivity index (χ0n) is 16.5. The van der Waals surface area contributed by atoms with Crippen molar-refractivity contribution >= 4 is 23.7 Å². The van der Waals surface area contributed by atoms with Gasteiger partial charge in [-0.1, -0.05) is 39.0 Å². The van der Waals surface area contributed by atoms with E-state index in [0.717, 1.165) is 25.7 Å². The summed E-state index contributed by atoms with van der Waals surface area (Å²) in [6, 6.07) is -1.40. The van der Waals surface area contributed by atoms with Crippen LogP contribution in [0.3, 0.4) is 0 Å². The number of carboxylic acid groups (broad SMARTS) is 1. The van der Waals surface area contributed by atoms with Crippen LogP contribution in [-0.2, 0) is 19.1 Å². The number of aliphatic carboxylic acids is 1. The van der Waals surface area contributed by atoms with Gasteiger partial charge in [0.2, 0.25) is 5.91 Å². The molecule has 0 aromatic heterocycles. The fourth-order valence-electron chi connectivity index (χ4n) is 3.74. The molecule has 0 bridgehead atoms. The van der Waals surface area contributed by atoms with Gasteiger partial charge in [-0.3, -0.25) is 9.59 Å². The number of ketones is 1. The van der Waals surface area contributed by atoms with E-state index >= 15 is 0 Å². The van der Waals surface area contributed by atoms with Crippen molar-refractivity contribution < 1.29 is 29.0 Å². The Balaban J connectivity index is 2.12. The number of nitrogens with zero attached hydrogens (tertiary/aromatic N) is 1. The van der Waals surface area contributed by atoms with Crippen LogP contribution in [0.5, 0.6) is 0 Å². The van der Waals surface area contributed by atoms with E-state index < -0.39 is 29.2 Å². The van der Waals surface area contributed by atoms with E-state index in [1.54, 1.807) is 4.90 Å². The second-order valence-corrected chi connectivity index (χ2v) is 7.51. The highest BCUT2D eigenvalue weighted by Crippen LogP contribution is 2.29. The Kier molecular flexibility index (Phi) is 8.22. The predicted molar refractivity (Wildman–Crippen MR) is 101 cm³/mol. The van der Waals surface area contributed by atoms with Crippen molar-refractivity contribution in [3.63, 3.8) is 0 Å². The number of Topliss-reactive ketones (excluding diaryl/α,β-unsaturated/α-hetero) is 1. The van der Waals surface area contributed by atoms with Gasteiger partial charge < -0.3 is 25.4 Å². The number of amides is 3. The molecule has 2 fully saturated rings. The number of hydrogen-bond donors (Lipinski definition) is 3. The zero-order valence-corrected chi connectivity index (χ0v) is 16.5. The van der Waals surface area contributed by atoms with E-state index in [0.29, 0.717) is 45.6 Å². The lowest BCUT2D eigenvalue weighted by Gasteiger charge is -2.39. The highest BCUT2D eigenvalue weighted by Gasteiger charge is 2.43. The molecule has 1 aliphatic heterocycles. The molecule has 0 aromatic carbocycles. The van der Waals surface area contributed by atoms with E-state index in [4.69, 9.17) is 9.84 Å². The van der Waals surface area contributed by atoms with Crippen LogP contribution in [0.2, 0.25) is 0 Å². The standard InChI is InChI=1S/C19H31N3O6/c1-2-3-7-14(15(23)16(24)25)20-17(26)19(8-5-4-6-9-19)21-18(27)22-10-12-28-13-11-22/h14H,2-13H2,1H3,(H,20,26)(H,21,27)(H,24,25). The van der Waals surface area contributed by atoms with E-state index in [-0.39, 0.29) is 12.5 Å². The Labute approximate surface area is 165 Å². The molecule has 0 spiro atoms. The van der Waals surface area contributed by atoms with Crippen LogP contribution in [0.4, 0.5) is 4.79 Å². The van der Waals surface area contributed by atoms with Gasteiger partial charge in [0.15, 0.2) is 0 Å². The van der Waals surface area contributed by atoms with Gasteiger partial charge in [-0.25, -0.2) is 9.59 Å². The van der Waals surface area contributed by atoms with Crippen LogP contribution in [0.15, 0.2) is 0 Å². The van der Waals surface area contributed by atoms with Crippen molar-refractivity contribution in [1.29, 1.82) is 0 Å². The van der Waals surface area contributed by atoms with Gasteiger partial charge in [0.1, 0.15) is 5.54 Å². The number of carboxylic acids is 1. The molecule has 28 heavy (non-hydrogen) atoms. The van der Waals surface area contributed by atoms with E-state index in [2.05, 4.69) is 10.6 Å². The van der Waals surface area contributed by atoms with Gasteiger partial charge in [-0.15, -0.1) is 0 Å². The number of unbranched alkanes of at least 4 members (excludes halogenated alkanes) is 1. The molecule has 1 aliphatic carbocycles. The Morgan fingerprint density at radius 2 is 1.75 bits per heavy atom. The maximum absolute atomic E-state index is 13.1. The summed E-state index contributed by atoms with van der Waals surface area (Å²) in [6.07, 6.45) is 5.13. The Morgan fingerprint density at radius 3 is 2.32 bits per heavy atom. The summed E-state index contributed by atoms with van der Waals surface area (Å²) in [5.74, 6) is -3.05. The van der Waals surface area contributed by atoms with Crippen molar-refractivity contribution in [2.45, 2.75) is 69.9 Å². The highest BCUT2D eigenvalue weighted by molar-refractivity contribution is 6.35. The molecule has 1 heterocycles. The first-order valence-electron chi connectivity index (χ1n) is 10.1. The smallest absolute Gasteiger partial charge is 0.374 e. The monoisotopic (exact) mass is 397 g/mol. The molecule has 2 aliphatic rings. The molecule has 0 radical (unpaired) electrons. The van der Waals surface area contributed by atoms with Crippen LogP contribution < -0.4 is 10.6 Å². The van der Waals surface area contributed by atoms with E-state index in [9.17, 15) is 19.2 Å². The normalized spacial score (nSPS) is 20.1. The van der Waals surface area contributed by atoms with Crippen molar-refractivity contribution in [1.82, 2.24) is 15.5 Å². The Hall–Kier alpha value is -2.16. The molecule has 9 nitrogen and oxygen atoms in total. The molecule has 1 saturated heterocycles. The fraction of sp³-hybridized carbons (Fsp3) is 0.789. The average molecular weight is 397 g/mol. The number of carbonyl (C=O) groups is 4. The average Bonchev–Trinajstić information content (AvgIpc) is 2.71. The molecule has 1 atom stereocenters. The van der Waals surface area contributed by atoms with Crippen LogP contribution >= 0.6 is 0 Å². The lowest BCUT2D eigenvalue weighted by molar-refractivity contribution is -0.150. The third kappa shape index (κ3) is 5.67. The van der Waals surface area contributed by atoms with Crippen molar-refractivity contribution in [3.05, 3.63) is 0 Å². The summed E-state index contributed by atoms with van der Waals surface area (Å²) in [5, 5.41) is 14.6. The second kappa shape index (κ2) is 10.4. The third-order valence-corrected chi connectivity index (χ3v) is 5.47. The van der Waals surface area contributed by atoms with Gasteiger partial charge in [0.05, 0.1) is 19.3 Å². The molecule has 158 valence electrons. The summed E-state index contributed by atoms with van der Waals surface area (Å²) in [6.45, 7) is 3.76. The molecule has 3 N–H and O–H groups in total. The summed E-state index contributed by atoms with van der Waals surface area (Å²) < 4.78 is 5.26. The topological polar surface area (TPSA) is 125 Å². The fourth-order valence-corrected chi connectivity index (χ4v) is 3.74. The van der Waals surface area contributed by atoms with Crippen LogP contribution in [0, 0.1) is 0 Å². The first kappa shape index (κ1) is 22.1. The highest BCUT2D eigenvalue weighted by atomic mass is 16.5. The summed E-state index contributed by atoms with van der Waals surface area (Å²) in [4.78, 5) is 50.6. The first-order valence-corrected chi connectivity index (χ1v) is 10.1. The van der Waals surface area contributed by atoms with Crippen LogP contribution in [0.25, 0.3) is 0 Å². The minimum atomic E-state index is -1.56. The minimum absolute atomic E-state index is 0.265. The van der Waals surface area contributed by atoms with E-state index in [1.807, 2.05) is 6.92 Å². The van der Waals surface area contributed by atoms with Crippen molar-refractivity contribution in [2.24, 2.45) is 0 Å². The maximum atomic E-state index is 13.1. The van der Waals surface area contributed by atoms with Gasteiger partial charge in [0.25, 0.3) is 5.78 Å². The van der Waals surface area contributed by atoms with Gasteiger partial charge >= 0.3 is 12.0 Å². The summed E-state index contributed by atoms with van der Waals surface area (Å²) >= 11 is 0. The second-order valence-electron chi connectivity index (χ2n) is 7.51. The number of nitrogens with one attached hydrogen (secondary N) is 2. The lowest BCUT2D eigenvalue weighted by Crippen LogP contribution is -2.64. The molecule has 1 unspecified atom stereocenters. The third-order valence-electron chi connectivity index (χ3n) is 5.47. The van der Waals surface area contributed by atoms with Crippen molar-refractivity contribution in [3.8, 4) is 0 Å². The molecule has 9 heteroatoms. The Morgan fingerprint density at radius 1 is 1.11 bits per heavy atom. The van der Waals surface area contributed by atoms with E-state index in [1.165, 1.54) is 0 Å². The number of rotatable bonds is 8. The Bertz CT molecular complexity index is 582. The summed E-state index contributed by atoms with van der Waals surface area (Å²) in [5.41, 5.74) is -1.11. The largest absolute Gasteiger partial charge is 0.475 e. The summed E-state index contributed by atoms with van der Waals surface area (Å²) in [7, 11) is 0. The van der Waals surface area contributed by atoms with Gasteiger partial charge in [-0.2, -0.15) is 0 Å². The zero-order chi connectivity index (χ0) is 20.6. The van der Waals surface area contributed by atoms with Gasteiger partial charge in [0, 0.05) is 13.1 Å². The maximum Gasteiger partial charge on any atom is 0.374 e. The quantitative estimate of drug-likeness (QED) is 0.526. The van der Waals surface area contributed by atoms with Crippen LogP contribution in [-0.4, -0.2) is 71.6 Å². The predicted octanol–water partition coefficient (Wildman–Crippen LogP) is 1.06. The van der Waals surface area contributed by atoms with Crippen LogP contribution in [0.1, 0.15) is 58.3 Å². The van der Waals surface area contributed by atoms with Gasteiger partial charge in [-0.05, 0) is 19.3 Å². The number of urea groups is 1. The number of hydrogen-bond acceptors (Lipinski definition) is 5. The number of morpholine rings is 1. The molecule has 3 amide bonds. The molecular weight excluding hydrogens is 366 g/mol. The first-order chi connectivity index (χ1) is 13.4. The molecule has 0 aromatic rings. The van der Waals surface area contributed by atoms with Crippen molar-refractivity contribution in [2.75, 3.05) is 26.3 Å².